The maximum atomic E-state index is 12.5. The largest absolute Gasteiger partial charge is 0.497 e. The molecule has 7 heteroatoms. The van der Waals surface area contributed by atoms with Crippen LogP contribution in [0.25, 0.3) is 0 Å². The number of likely N-dealkylation sites (tertiary alicyclic amines) is 1. The van der Waals surface area contributed by atoms with Crippen LogP contribution >= 0.6 is 11.3 Å². The highest BCUT2D eigenvalue weighted by molar-refractivity contribution is 7.14. The maximum absolute atomic E-state index is 12.5. The second kappa shape index (κ2) is 8.02. The number of ether oxygens (including phenoxy) is 1. The zero-order valence-corrected chi connectivity index (χ0v) is 14.8. The fourth-order valence-electron chi connectivity index (χ4n) is 2.83. The van der Waals surface area contributed by atoms with Gasteiger partial charge in [-0.1, -0.05) is 0 Å². The highest BCUT2D eigenvalue weighted by Crippen LogP contribution is 2.22. The lowest BCUT2D eigenvalue weighted by molar-refractivity contribution is -0.121. The highest BCUT2D eigenvalue weighted by atomic mass is 32.1. The number of amides is 3. The first-order valence-electron chi connectivity index (χ1n) is 8.20. The first-order chi connectivity index (χ1) is 12.2. The summed E-state index contributed by atoms with van der Waals surface area (Å²) in [6.45, 7) is 1.10. The number of anilines is 2. The monoisotopic (exact) mass is 359 g/mol. The van der Waals surface area contributed by atoms with Crippen molar-refractivity contribution in [2.75, 3.05) is 30.8 Å². The minimum Gasteiger partial charge on any atom is -0.497 e. The number of hydrogen-bond donors (Lipinski definition) is 2. The predicted octanol–water partition coefficient (Wildman–Crippen LogP) is 3.64. The Balaban J connectivity index is 1.56. The van der Waals surface area contributed by atoms with Crippen molar-refractivity contribution in [3.63, 3.8) is 0 Å². The van der Waals surface area contributed by atoms with E-state index in [4.69, 9.17) is 4.74 Å². The number of hydrogen-bond acceptors (Lipinski definition) is 4. The molecule has 2 aromatic rings. The molecule has 1 fully saturated rings. The third-order valence-electron chi connectivity index (χ3n) is 4.19. The van der Waals surface area contributed by atoms with E-state index in [0.29, 0.717) is 13.1 Å². The normalized spacial score (nSPS) is 17.0. The lowest BCUT2D eigenvalue weighted by Gasteiger charge is -2.31. The minimum absolute atomic E-state index is 0.0567. The summed E-state index contributed by atoms with van der Waals surface area (Å²) in [5, 5.41) is 8.52. The van der Waals surface area contributed by atoms with Crippen LogP contribution in [-0.4, -0.2) is 37.0 Å². The van der Waals surface area contributed by atoms with E-state index in [0.717, 1.165) is 29.3 Å². The Morgan fingerprint density at radius 1 is 1.20 bits per heavy atom. The predicted molar refractivity (Wildman–Crippen MR) is 99.3 cm³/mol. The number of nitrogens with zero attached hydrogens (tertiary/aromatic N) is 1. The number of piperidine rings is 1. The number of carbonyl (C=O) groups is 2. The smallest absolute Gasteiger partial charge is 0.322 e. The standard InChI is InChI=1S/C18H21N3O3S/c1-24-15-8-6-14(7-9-15)19-17(22)13-4-2-10-21(12-13)18(23)20-16-5-3-11-25-16/h3,5-9,11,13H,2,4,10,12H2,1H3,(H,19,22)(H,20,23). The lowest BCUT2D eigenvalue weighted by Crippen LogP contribution is -2.45. The minimum atomic E-state index is -0.204. The van der Waals surface area contributed by atoms with Crippen LogP contribution in [0.1, 0.15) is 12.8 Å². The van der Waals surface area contributed by atoms with E-state index in [9.17, 15) is 9.59 Å². The summed E-state index contributed by atoms with van der Waals surface area (Å²) < 4.78 is 5.11. The molecule has 1 aliphatic heterocycles. The quantitative estimate of drug-likeness (QED) is 0.875. The molecule has 2 heterocycles. The zero-order valence-electron chi connectivity index (χ0n) is 14.0. The Labute approximate surface area is 150 Å². The molecule has 2 N–H and O–H groups in total. The summed E-state index contributed by atoms with van der Waals surface area (Å²) in [6.07, 6.45) is 1.60. The summed E-state index contributed by atoms with van der Waals surface area (Å²) in [5.41, 5.74) is 0.728. The molecule has 6 nitrogen and oxygen atoms in total. The Hall–Kier alpha value is -2.54. The van der Waals surface area contributed by atoms with Crippen LogP contribution in [0, 0.1) is 5.92 Å². The molecule has 0 radical (unpaired) electrons. The van der Waals surface area contributed by atoms with Crippen molar-refractivity contribution in [1.29, 1.82) is 0 Å². The molecule has 1 aromatic heterocycles. The highest BCUT2D eigenvalue weighted by Gasteiger charge is 2.28. The van der Waals surface area contributed by atoms with Crippen LogP contribution in [-0.2, 0) is 4.79 Å². The number of methoxy groups -OCH3 is 1. The Kier molecular flexibility index (Phi) is 5.55. The van der Waals surface area contributed by atoms with Crippen LogP contribution in [0.15, 0.2) is 41.8 Å². The molecular weight excluding hydrogens is 338 g/mol. The van der Waals surface area contributed by atoms with Crippen LogP contribution in [0.2, 0.25) is 0 Å². The molecule has 0 bridgehead atoms. The topological polar surface area (TPSA) is 70.7 Å². The summed E-state index contributed by atoms with van der Waals surface area (Å²) >= 11 is 1.48. The number of carbonyl (C=O) groups excluding carboxylic acids is 2. The Morgan fingerprint density at radius 2 is 2.00 bits per heavy atom. The third kappa shape index (κ3) is 4.51. The van der Waals surface area contributed by atoms with Crippen molar-refractivity contribution in [3.05, 3.63) is 41.8 Å². The van der Waals surface area contributed by atoms with E-state index in [2.05, 4.69) is 10.6 Å². The second-order valence-electron chi connectivity index (χ2n) is 5.91. The molecule has 3 amide bonds. The lowest BCUT2D eigenvalue weighted by atomic mass is 9.97. The van der Waals surface area contributed by atoms with E-state index >= 15 is 0 Å². The van der Waals surface area contributed by atoms with Gasteiger partial charge in [-0.2, -0.15) is 0 Å². The van der Waals surface area contributed by atoms with E-state index < -0.39 is 0 Å². The van der Waals surface area contributed by atoms with E-state index in [1.165, 1.54) is 11.3 Å². The van der Waals surface area contributed by atoms with Crippen molar-refractivity contribution in [1.82, 2.24) is 4.90 Å². The van der Waals surface area contributed by atoms with E-state index in [1.807, 2.05) is 17.5 Å². The first-order valence-corrected chi connectivity index (χ1v) is 9.08. The molecule has 1 atom stereocenters. The van der Waals surface area contributed by atoms with Gasteiger partial charge in [-0.25, -0.2) is 4.79 Å². The Bertz CT molecular complexity index is 716. The average Bonchev–Trinajstić information content (AvgIpc) is 3.15. The average molecular weight is 359 g/mol. The third-order valence-corrected chi connectivity index (χ3v) is 4.97. The van der Waals surface area contributed by atoms with Crippen molar-refractivity contribution in [2.45, 2.75) is 12.8 Å². The summed E-state index contributed by atoms with van der Waals surface area (Å²) in [6, 6.07) is 10.8. The van der Waals surface area contributed by atoms with Gasteiger partial charge in [0.15, 0.2) is 0 Å². The molecule has 1 unspecified atom stereocenters. The molecular formula is C18H21N3O3S. The van der Waals surface area contributed by atoms with Gasteiger partial charge in [0.05, 0.1) is 18.0 Å². The molecule has 0 spiro atoms. The van der Waals surface area contributed by atoms with E-state index in [-0.39, 0.29) is 17.9 Å². The number of rotatable bonds is 4. The SMILES string of the molecule is COc1ccc(NC(=O)C2CCCN(C(=O)Nc3cccs3)C2)cc1. The number of thiophene rings is 1. The number of urea groups is 1. The van der Waals surface area contributed by atoms with Gasteiger partial charge in [0.2, 0.25) is 5.91 Å². The van der Waals surface area contributed by atoms with Gasteiger partial charge in [0.1, 0.15) is 5.75 Å². The number of nitrogens with one attached hydrogen (secondary N) is 2. The van der Waals surface area contributed by atoms with Crippen molar-refractivity contribution >= 4 is 34.0 Å². The van der Waals surface area contributed by atoms with Gasteiger partial charge in [0, 0.05) is 18.8 Å². The summed E-state index contributed by atoms with van der Waals surface area (Å²) in [5.74, 6) is 0.482. The maximum Gasteiger partial charge on any atom is 0.322 e. The number of benzene rings is 1. The van der Waals surface area contributed by atoms with Gasteiger partial charge < -0.3 is 15.0 Å². The molecule has 25 heavy (non-hydrogen) atoms. The van der Waals surface area contributed by atoms with Gasteiger partial charge in [-0.05, 0) is 54.6 Å². The van der Waals surface area contributed by atoms with Crippen LogP contribution < -0.4 is 15.4 Å². The molecule has 3 rings (SSSR count). The van der Waals surface area contributed by atoms with Crippen LogP contribution in [0.5, 0.6) is 5.75 Å². The fourth-order valence-corrected chi connectivity index (χ4v) is 3.44. The van der Waals surface area contributed by atoms with E-state index in [1.54, 1.807) is 36.3 Å². The van der Waals surface area contributed by atoms with Gasteiger partial charge in [-0.15, -0.1) is 11.3 Å². The summed E-state index contributed by atoms with van der Waals surface area (Å²) in [4.78, 5) is 26.6. The Morgan fingerprint density at radius 3 is 2.68 bits per heavy atom. The fraction of sp³-hybridized carbons (Fsp3) is 0.333. The zero-order chi connectivity index (χ0) is 17.6. The molecule has 1 aliphatic rings. The molecule has 1 saturated heterocycles. The molecule has 0 saturated carbocycles. The molecule has 1 aromatic carbocycles. The molecule has 132 valence electrons. The van der Waals surface area contributed by atoms with Crippen LogP contribution in [0.3, 0.4) is 0 Å². The van der Waals surface area contributed by atoms with Crippen LogP contribution in [0.4, 0.5) is 15.5 Å². The van der Waals surface area contributed by atoms with Crippen molar-refractivity contribution in [3.8, 4) is 5.75 Å². The van der Waals surface area contributed by atoms with Crippen molar-refractivity contribution in [2.24, 2.45) is 5.92 Å². The summed E-state index contributed by atoms with van der Waals surface area (Å²) in [7, 11) is 1.60. The van der Waals surface area contributed by atoms with Gasteiger partial charge >= 0.3 is 6.03 Å². The first kappa shape index (κ1) is 17.3. The van der Waals surface area contributed by atoms with Gasteiger partial charge in [-0.3, -0.25) is 10.1 Å². The molecule has 0 aliphatic carbocycles. The van der Waals surface area contributed by atoms with Gasteiger partial charge in [0.25, 0.3) is 0 Å². The van der Waals surface area contributed by atoms with Crippen molar-refractivity contribution < 1.29 is 14.3 Å². The second-order valence-corrected chi connectivity index (χ2v) is 6.86.